The molecule has 5 N–H and O–H groups in total. The molecule has 1 aliphatic carbocycles. The molecule has 0 amide bonds. The molecule has 0 heterocycles. The number of carboxylic acids is 2. The summed E-state index contributed by atoms with van der Waals surface area (Å²) in [6, 6.07) is 0.142. The second-order valence-electron chi connectivity index (χ2n) is 12.0. The smallest absolute Gasteiger partial charge is 0.677 e. The van der Waals surface area contributed by atoms with E-state index >= 15 is 0 Å². The zero-order valence-electron chi connectivity index (χ0n) is 27.7. The van der Waals surface area contributed by atoms with Crippen LogP contribution in [0.1, 0.15) is 201 Å². The van der Waals surface area contributed by atoms with Gasteiger partial charge in [0.15, 0.2) is 0 Å². The minimum Gasteiger partial charge on any atom is -0.677 e. The monoisotopic (exact) mass is 797 g/mol. The first-order chi connectivity index (χ1) is 19.3. The van der Waals surface area contributed by atoms with E-state index in [-0.39, 0.29) is 40.0 Å². The van der Waals surface area contributed by atoms with Crippen molar-refractivity contribution in [3.63, 3.8) is 0 Å². The van der Waals surface area contributed by atoms with Crippen LogP contribution in [0.3, 0.4) is 0 Å². The number of carboxylic acid groups (broad SMARTS) is 2. The van der Waals surface area contributed by atoms with Gasteiger partial charge in [0.2, 0.25) is 0 Å². The molecule has 43 heavy (non-hydrogen) atoms. The molecule has 2 atom stereocenters. The van der Waals surface area contributed by atoms with Gasteiger partial charge in [-0.2, -0.15) is 12.0 Å². The number of unbranched alkanes of at least 4 members (excludes halogenated alkanes) is 20. The fraction of sp³-hybridized carbons (Fsp3) is 0.917. The van der Waals surface area contributed by atoms with Gasteiger partial charge in [-0.25, -0.2) is 0 Å². The van der Waals surface area contributed by atoms with Crippen LogP contribution >= 0.6 is 0 Å². The van der Waals surface area contributed by atoms with Crippen LogP contribution < -0.4 is 0 Å². The summed E-state index contributed by atoms with van der Waals surface area (Å²) in [7, 11) is 0. The van der Waals surface area contributed by atoms with Gasteiger partial charge in [-0.3, -0.25) is 9.59 Å². The Kier molecular flexibility index (Phi) is 52.9. The molecule has 0 aromatic heterocycles. The Bertz CT molecular complexity index is 490. The third-order valence-corrected chi connectivity index (χ3v) is 7.90. The van der Waals surface area contributed by atoms with Crippen LogP contribution in [0.25, 0.3) is 5.73 Å². The average molecular weight is 797 g/mol. The Hall–Kier alpha value is -0.452. The number of rotatable bonds is 24. The van der Waals surface area contributed by atoms with Gasteiger partial charge in [-0.1, -0.05) is 175 Å². The van der Waals surface area contributed by atoms with Crippen LogP contribution in [-0.2, 0) is 30.7 Å². The van der Waals surface area contributed by atoms with Crippen molar-refractivity contribution >= 4 is 11.9 Å². The van der Waals surface area contributed by atoms with Crippen molar-refractivity contribution in [3.05, 3.63) is 12.7 Å². The van der Waals surface area contributed by atoms with E-state index in [1.54, 1.807) is 0 Å². The molecule has 1 saturated carbocycles. The minimum absolute atomic E-state index is 0. The standard InChI is InChI=1S/2C14H28O2.C7H13N.CH4.H2O.Pt/c2*1-2-3-4-5-6-7-8-9-10-11-12-13-14(15)16;1-6-4-2-3-5-7(6)8;;;/h2*2-13H2,1H3,(H,15,16);6-8H,1-5H2;1H4;1H2;/q;;-2;;;+2/t;;6-,7-;;;/m..1.../s1. The van der Waals surface area contributed by atoms with Crippen LogP contribution in [-0.4, -0.2) is 33.7 Å². The number of carbonyl (C=O) groups is 2. The molecule has 0 bridgehead atoms. The molecule has 1 fully saturated rings. The van der Waals surface area contributed by atoms with E-state index in [9.17, 15) is 9.59 Å². The first-order valence-corrected chi connectivity index (χ1v) is 17.3. The third kappa shape index (κ3) is 48.6. The first kappa shape index (κ1) is 52.1. The van der Waals surface area contributed by atoms with Crippen LogP contribution in [0.4, 0.5) is 0 Å². The van der Waals surface area contributed by atoms with E-state index in [0.29, 0.717) is 18.8 Å². The van der Waals surface area contributed by atoms with Crippen LogP contribution in [0, 0.1) is 12.8 Å². The maximum absolute atomic E-state index is 10.3. The van der Waals surface area contributed by atoms with Gasteiger partial charge in [0.1, 0.15) is 0 Å². The van der Waals surface area contributed by atoms with E-state index < -0.39 is 11.9 Å². The molecule has 1 aliphatic rings. The summed E-state index contributed by atoms with van der Waals surface area (Å²) in [5.74, 6) is -0.893. The van der Waals surface area contributed by atoms with Gasteiger partial charge in [-0.05, 0) is 12.8 Å². The SMILES string of the molecule is C.CCCCCCCCCCCCCC(=O)O.CCCCCCCCCCCCCC(=O)O.O.[CH2-][C@@H]1CCCC[C@H]1[NH-].[Pt+2]. The summed E-state index contributed by atoms with van der Waals surface area (Å²) in [4.78, 5) is 20.5. The van der Waals surface area contributed by atoms with Crippen molar-refractivity contribution < 1.29 is 46.3 Å². The summed E-state index contributed by atoms with van der Waals surface area (Å²) in [6.45, 7) is 8.39. The molecule has 0 aromatic carbocycles. The van der Waals surface area contributed by atoms with Crippen molar-refractivity contribution in [1.82, 2.24) is 0 Å². The Morgan fingerprint density at radius 3 is 1.05 bits per heavy atom. The summed E-state index contributed by atoms with van der Waals surface area (Å²) in [5.41, 5.74) is 7.42. The van der Waals surface area contributed by atoms with Crippen molar-refractivity contribution in [1.29, 1.82) is 0 Å². The fourth-order valence-corrected chi connectivity index (χ4v) is 5.09. The van der Waals surface area contributed by atoms with Gasteiger partial charge >= 0.3 is 33.0 Å². The molecular formula is C36H75NO5Pt. The van der Waals surface area contributed by atoms with Crippen molar-refractivity contribution in [2.75, 3.05) is 0 Å². The molecule has 0 aliphatic heterocycles. The normalized spacial score (nSPS) is 15.3. The summed E-state index contributed by atoms with van der Waals surface area (Å²) in [6.07, 6.45) is 33.5. The molecule has 6 nitrogen and oxygen atoms in total. The Balaban J connectivity index is -0.000000170. The van der Waals surface area contributed by atoms with E-state index in [2.05, 4.69) is 20.8 Å². The topological polar surface area (TPSA) is 130 Å². The second-order valence-corrected chi connectivity index (χ2v) is 12.0. The first-order valence-electron chi connectivity index (χ1n) is 17.3. The second kappa shape index (κ2) is 43.7. The maximum atomic E-state index is 10.3. The van der Waals surface area contributed by atoms with Gasteiger partial charge in [0.05, 0.1) is 0 Å². The number of hydrogen-bond donors (Lipinski definition) is 2. The third-order valence-electron chi connectivity index (χ3n) is 7.90. The Morgan fingerprint density at radius 2 is 0.837 bits per heavy atom. The zero-order valence-corrected chi connectivity index (χ0v) is 30.0. The van der Waals surface area contributed by atoms with Gasteiger partial charge in [-0.15, -0.1) is 0 Å². The minimum atomic E-state index is -0.657. The predicted octanol–water partition coefficient (Wildman–Crippen LogP) is 11.8. The molecule has 7 heteroatoms. The van der Waals surface area contributed by atoms with Crippen LogP contribution in [0.15, 0.2) is 0 Å². The zero-order chi connectivity index (χ0) is 30.1. The summed E-state index contributed by atoms with van der Waals surface area (Å²) in [5, 5.41) is 16.9. The largest absolute Gasteiger partial charge is 2.00 e. The maximum Gasteiger partial charge on any atom is 2.00 e. The summed E-state index contributed by atoms with van der Waals surface area (Å²) >= 11 is 0. The van der Waals surface area contributed by atoms with Gasteiger partial charge in [0.25, 0.3) is 0 Å². The van der Waals surface area contributed by atoms with Gasteiger partial charge in [0, 0.05) is 12.8 Å². The molecule has 0 unspecified atom stereocenters. The van der Waals surface area contributed by atoms with Gasteiger partial charge < -0.3 is 28.3 Å². The van der Waals surface area contributed by atoms with E-state index in [4.69, 9.17) is 15.9 Å². The number of hydrogen-bond acceptors (Lipinski definition) is 2. The van der Waals surface area contributed by atoms with E-state index in [1.165, 1.54) is 135 Å². The number of nitrogens with one attached hydrogen (secondary N) is 1. The molecule has 0 saturated heterocycles. The molecule has 0 radical (unpaired) electrons. The van der Waals surface area contributed by atoms with E-state index in [0.717, 1.165) is 32.1 Å². The number of aliphatic carboxylic acids is 2. The van der Waals surface area contributed by atoms with Crippen molar-refractivity contribution in [3.8, 4) is 0 Å². The molecule has 0 aromatic rings. The van der Waals surface area contributed by atoms with Crippen LogP contribution in [0.2, 0.25) is 0 Å². The Morgan fingerprint density at radius 1 is 0.581 bits per heavy atom. The fourth-order valence-electron chi connectivity index (χ4n) is 5.09. The molecule has 0 spiro atoms. The molecular weight excluding hydrogens is 721 g/mol. The molecule has 264 valence electrons. The molecule has 1 rings (SSSR count). The van der Waals surface area contributed by atoms with Crippen molar-refractivity contribution in [2.45, 2.75) is 207 Å². The quantitative estimate of drug-likeness (QED) is 0.0744. The predicted molar refractivity (Wildman–Crippen MR) is 183 cm³/mol. The summed E-state index contributed by atoms with van der Waals surface area (Å²) < 4.78 is 0. The average Bonchev–Trinajstić information content (AvgIpc) is 2.92. The van der Waals surface area contributed by atoms with Crippen molar-refractivity contribution in [2.24, 2.45) is 5.92 Å². The van der Waals surface area contributed by atoms with Crippen LogP contribution in [0.5, 0.6) is 0 Å². The van der Waals surface area contributed by atoms with E-state index in [1.807, 2.05) is 0 Å². The Labute approximate surface area is 283 Å².